The van der Waals surface area contributed by atoms with Gasteiger partial charge >= 0.3 is 0 Å². The Morgan fingerprint density at radius 1 is 1.40 bits per heavy atom. The molecule has 3 aliphatic rings. The van der Waals surface area contributed by atoms with Gasteiger partial charge in [-0.3, -0.25) is 9.48 Å². The first-order valence-electron chi connectivity index (χ1n) is 8.68. The van der Waals surface area contributed by atoms with Gasteiger partial charge in [0, 0.05) is 43.1 Å². The van der Waals surface area contributed by atoms with Crippen LogP contribution < -0.4 is 5.73 Å². The zero-order valence-corrected chi connectivity index (χ0v) is 14.8. The summed E-state index contributed by atoms with van der Waals surface area (Å²) in [6, 6.07) is 2.18. The van der Waals surface area contributed by atoms with Crippen molar-refractivity contribution in [3.63, 3.8) is 0 Å². The molecule has 2 aliphatic carbocycles. The van der Waals surface area contributed by atoms with Crippen molar-refractivity contribution in [2.45, 2.75) is 51.4 Å². The molecule has 0 radical (unpaired) electrons. The van der Waals surface area contributed by atoms with Crippen molar-refractivity contribution >= 4 is 5.78 Å². The minimum atomic E-state index is -0.457. The summed E-state index contributed by atoms with van der Waals surface area (Å²) in [4.78, 5) is 13.0. The van der Waals surface area contributed by atoms with E-state index in [0.29, 0.717) is 35.7 Å². The van der Waals surface area contributed by atoms with E-state index >= 15 is 0 Å². The van der Waals surface area contributed by atoms with Crippen LogP contribution in [0.2, 0.25) is 0 Å². The van der Waals surface area contributed by atoms with E-state index in [1.54, 1.807) is 4.68 Å². The van der Waals surface area contributed by atoms with Crippen LogP contribution in [0.5, 0.6) is 0 Å². The summed E-state index contributed by atoms with van der Waals surface area (Å²) >= 11 is 0. The van der Waals surface area contributed by atoms with Crippen molar-refractivity contribution in [3.05, 3.63) is 40.2 Å². The van der Waals surface area contributed by atoms with Crippen molar-refractivity contribution in [2.75, 3.05) is 0 Å². The summed E-state index contributed by atoms with van der Waals surface area (Å²) in [5, 5.41) is 14.3. The Labute approximate surface area is 146 Å². The van der Waals surface area contributed by atoms with Crippen molar-refractivity contribution in [2.24, 2.45) is 18.2 Å². The molecular weight excluding hydrogens is 316 g/mol. The number of nitrogens with two attached hydrogens (primary N) is 1. The van der Waals surface area contributed by atoms with Crippen molar-refractivity contribution in [1.29, 1.82) is 5.26 Å². The molecule has 4 rings (SSSR count). The molecule has 25 heavy (non-hydrogen) atoms. The monoisotopic (exact) mass is 338 g/mol. The van der Waals surface area contributed by atoms with Crippen LogP contribution in [0.1, 0.15) is 62.6 Å². The maximum Gasteiger partial charge on any atom is 0.205 e. The van der Waals surface area contributed by atoms with Gasteiger partial charge in [-0.1, -0.05) is 13.8 Å². The third-order valence-electron chi connectivity index (χ3n) is 5.24. The number of aromatic nitrogens is 2. The Kier molecular flexibility index (Phi) is 3.33. The van der Waals surface area contributed by atoms with Crippen molar-refractivity contribution in [3.8, 4) is 6.07 Å². The minimum Gasteiger partial charge on any atom is -0.444 e. The Hall–Kier alpha value is -2.55. The molecule has 0 saturated heterocycles. The standard InChI is InChI=1S/C19H22N4O2/c1-19(2)6-13(24)16-14(7-19)25-18(21)11(8-20)15(16)12-9-23(3)22-17(12)10-4-5-10/h9-10,15H,4-7,21H2,1-3H3/t15-/m0/s1. The Balaban J connectivity index is 1.91. The van der Waals surface area contributed by atoms with Crippen LogP contribution in [0, 0.1) is 16.7 Å². The number of ether oxygens (including phenoxy) is 1. The smallest absolute Gasteiger partial charge is 0.205 e. The maximum atomic E-state index is 13.0. The number of nitrogens with zero attached hydrogens (tertiary/aromatic N) is 3. The number of aryl methyl sites for hydroxylation is 1. The summed E-state index contributed by atoms with van der Waals surface area (Å²) in [7, 11) is 1.87. The molecule has 1 fully saturated rings. The second-order valence-corrected chi connectivity index (χ2v) is 8.12. The number of Topliss-reactive ketones (excluding diaryl/α,β-unsaturated/α-hetero) is 1. The Morgan fingerprint density at radius 3 is 2.76 bits per heavy atom. The molecule has 1 saturated carbocycles. The largest absolute Gasteiger partial charge is 0.444 e. The summed E-state index contributed by atoms with van der Waals surface area (Å²) in [6.45, 7) is 4.10. The molecule has 2 N–H and O–H groups in total. The molecule has 0 unspecified atom stereocenters. The minimum absolute atomic E-state index is 0.0436. The lowest BCUT2D eigenvalue weighted by atomic mass is 9.70. The van der Waals surface area contributed by atoms with Crippen LogP contribution in [0.4, 0.5) is 0 Å². The Bertz CT molecular complexity index is 878. The second kappa shape index (κ2) is 5.22. The lowest BCUT2D eigenvalue weighted by Crippen LogP contribution is -2.33. The number of rotatable bonds is 2. The van der Waals surface area contributed by atoms with E-state index < -0.39 is 5.92 Å². The SMILES string of the molecule is Cn1cc([C@@H]2C(C#N)=C(N)OC3=C2C(=O)CC(C)(C)C3)c(C2CC2)n1. The van der Waals surface area contributed by atoms with Gasteiger partial charge in [-0.05, 0) is 18.3 Å². The molecule has 0 bridgehead atoms. The highest BCUT2D eigenvalue weighted by atomic mass is 16.5. The summed E-state index contributed by atoms with van der Waals surface area (Å²) < 4.78 is 7.51. The van der Waals surface area contributed by atoms with Crippen LogP contribution in [0.3, 0.4) is 0 Å². The lowest BCUT2D eigenvalue weighted by Gasteiger charge is -2.37. The Morgan fingerprint density at radius 2 is 2.12 bits per heavy atom. The molecule has 1 aromatic heterocycles. The van der Waals surface area contributed by atoms with Crippen LogP contribution >= 0.6 is 0 Å². The van der Waals surface area contributed by atoms with Crippen LogP contribution in [0.25, 0.3) is 0 Å². The van der Waals surface area contributed by atoms with Crippen molar-refractivity contribution < 1.29 is 9.53 Å². The average Bonchev–Trinajstić information content (AvgIpc) is 3.27. The van der Waals surface area contributed by atoms with Gasteiger partial charge in [0.05, 0.1) is 11.6 Å². The number of hydrogen-bond donors (Lipinski definition) is 1. The molecule has 0 spiro atoms. The van der Waals surface area contributed by atoms with Gasteiger partial charge in [-0.2, -0.15) is 10.4 Å². The summed E-state index contributed by atoms with van der Waals surface area (Å²) in [5.74, 6) is 0.735. The van der Waals surface area contributed by atoms with Gasteiger partial charge in [0.1, 0.15) is 17.4 Å². The second-order valence-electron chi connectivity index (χ2n) is 8.12. The number of carbonyl (C=O) groups is 1. The summed E-state index contributed by atoms with van der Waals surface area (Å²) in [5.41, 5.74) is 8.73. The van der Waals surface area contributed by atoms with E-state index in [9.17, 15) is 10.1 Å². The number of carbonyl (C=O) groups excluding carboxylic acids is 1. The highest BCUT2D eigenvalue weighted by Crippen LogP contribution is 2.51. The normalized spacial score (nSPS) is 25.5. The third kappa shape index (κ3) is 2.55. The molecule has 130 valence electrons. The van der Waals surface area contributed by atoms with Gasteiger partial charge in [0.25, 0.3) is 0 Å². The lowest BCUT2D eigenvalue weighted by molar-refractivity contribution is -0.119. The quantitative estimate of drug-likeness (QED) is 0.895. The van der Waals surface area contributed by atoms with Crippen molar-refractivity contribution in [1.82, 2.24) is 9.78 Å². The highest BCUT2D eigenvalue weighted by molar-refractivity contribution is 6.00. The van der Waals surface area contributed by atoms with Crippen LogP contribution in [0.15, 0.2) is 29.0 Å². The molecule has 0 amide bonds. The molecule has 1 aromatic rings. The molecular formula is C19H22N4O2. The van der Waals surface area contributed by atoms with E-state index in [2.05, 4.69) is 11.2 Å². The number of allylic oxidation sites excluding steroid dienone is 3. The maximum absolute atomic E-state index is 13.0. The van der Waals surface area contributed by atoms with Gasteiger partial charge in [-0.15, -0.1) is 0 Å². The predicted octanol–water partition coefficient (Wildman–Crippen LogP) is 2.75. The van der Waals surface area contributed by atoms with E-state index in [1.165, 1.54) is 0 Å². The molecule has 6 heteroatoms. The molecule has 1 atom stereocenters. The fourth-order valence-corrected chi connectivity index (χ4v) is 4.02. The zero-order chi connectivity index (χ0) is 17.9. The highest BCUT2D eigenvalue weighted by Gasteiger charge is 2.45. The first kappa shape index (κ1) is 15.9. The third-order valence-corrected chi connectivity index (χ3v) is 5.24. The predicted molar refractivity (Wildman–Crippen MR) is 90.9 cm³/mol. The molecule has 2 heterocycles. The topological polar surface area (TPSA) is 93.9 Å². The average molecular weight is 338 g/mol. The van der Waals surface area contributed by atoms with Crippen LogP contribution in [-0.4, -0.2) is 15.6 Å². The van der Waals surface area contributed by atoms with Gasteiger partial charge in [0.2, 0.25) is 5.88 Å². The molecule has 1 aliphatic heterocycles. The fourth-order valence-electron chi connectivity index (χ4n) is 4.02. The number of hydrogen-bond acceptors (Lipinski definition) is 5. The van der Waals surface area contributed by atoms with E-state index in [4.69, 9.17) is 10.5 Å². The fraction of sp³-hybridized carbons (Fsp3) is 0.526. The molecule has 0 aromatic carbocycles. The molecule has 6 nitrogen and oxygen atoms in total. The van der Waals surface area contributed by atoms with Gasteiger partial charge in [0.15, 0.2) is 5.78 Å². The number of ketones is 1. The van der Waals surface area contributed by atoms with E-state index in [-0.39, 0.29) is 17.1 Å². The first-order valence-corrected chi connectivity index (χ1v) is 8.68. The summed E-state index contributed by atoms with van der Waals surface area (Å²) in [6.07, 6.45) is 5.21. The van der Waals surface area contributed by atoms with Crippen LogP contribution in [-0.2, 0) is 16.6 Å². The van der Waals surface area contributed by atoms with Gasteiger partial charge < -0.3 is 10.5 Å². The first-order chi connectivity index (χ1) is 11.8. The van der Waals surface area contributed by atoms with E-state index in [0.717, 1.165) is 24.1 Å². The number of nitriles is 1. The van der Waals surface area contributed by atoms with Gasteiger partial charge in [-0.25, -0.2) is 0 Å². The van der Waals surface area contributed by atoms with E-state index in [1.807, 2.05) is 27.1 Å². The zero-order valence-electron chi connectivity index (χ0n) is 14.8.